The van der Waals surface area contributed by atoms with Gasteiger partial charge >= 0.3 is 0 Å². The number of nitrogens with one attached hydrogen (secondary N) is 1. The molecule has 1 heterocycles. The van der Waals surface area contributed by atoms with E-state index in [1.807, 2.05) is 18.2 Å². The zero-order valence-corrected chi connectivity index (χ0v) is 18.4. The molecule has 0 aromatic heterocycles. The van der Waals surface area contributed by atoms with Gasteiger partial charge in [0, 0.05) is 13.1 Å². The SMILES string of the molecule is COc1ccc(CNC(N)=NCc2cccc(CN3CCC(C)CC3)c2)cc1OC. The summed E-state index contributed by atoms with van der Waals surface area (Å²) in [4.78, 5) is 7.04. The molecule has 6 nitrogen and oxygen atoms in total. The molecule has 6 heteroatoms. The predicted octanol–water partition coefficient (Wildman–Crippen LogP) is 3.54. The van der Waals surface area contributed by atoms with Gasteiger partial charge in [-0.2, -0.15) is 0 Å². The zero-order valence-electron chi connectivity index (χ0n) is 18.4. The molecule has 0 atom stereocenters. The van der Waals surface area contributed by atoms with Crippen LogP contribution in [0.3, 0.4) is 0 Å². The number of hydrogen-bond acceptors (Lipinski definition) is 4. The highest BCUT2D eigenvalue weighted by molar-refractivity contribution is 5.77. The maximum atomic E-state index is 6.07. The molecule has 0 bridgehead atoms. The summed E-state index contributed by atoms with van der Waals surface area (Å²) in [5.74, 6) is 2.70. The molecule has 0 amide bonds. The summed E-state index contributed by atoms with van der Waals surface area (Å²) in [6.45, 7) is 6.88. The molecule has 0 spiro atoms. The molecule has 1 fully saturated rings. The summed E-state index contributed by atoms with van der Waals surface area (Å²) in [5.41, 5.74) is 9.63. The maximum absolute atomic E-state index is 6.07. The minimum Gasteiger partial charge on any atom is -0.493 e. The van der Waals surface area contributed by atoms with Crippen molar-refractivity contribution in [2.45, 2.75) is 39.4 Å². The van der Waals surface area contributed by atoms with E-state index in [1.54, 1.807) is 14.2 Å². The fraction of sp³-hybridized carbons (Fsp3) is 0.458. The number of methoxy groups -OCH3 is 2. The monoisotopic (exact) mass is 410 g/mol. The predicted molar refractivity (Wildman–Crippen MR) is 122 cm³/mol. The summed E-state index contributed by atoms with van der Waals surface area (Å²) in [6.07, 6.45) is 2.60. The van der Waals surface area contributed by atoms with Crippen LogP contribution in [0, 0.1) is 5.92 Å². The summed E-state index contributed by atoms with van der Waals surface area (Å²) >= 11 is 0. The Morgan fingerprint density at radius 3 is 2.50 bits per heavy atom. The average Bonchev–Trinajstić information content (AvgIpc) is 2.78. The molecule has 0 radical (unpaired) electrons. The van der Waals surface area contributed by atoms with Gasteiger partial charge in [-0.3, -0.25) is 4.90 Å². The van der Waals surface area contributed by atoms with Crippen LogP contribution >= 0.6 is 0 Å². The van der Waals surface area contributed by atoms with Crippen molar-refractivity contribution < 1.29 is 9.47 Å². The number of hydrogen-bond donors (Lipinski definition) is 2. The van der Waals surface area contributed by atoms with E-state index in [-0.39, 0.29) is 0 Å². The molecule has 1 aliphatic heterocycles. The van der Waals surface area contributed by atoms with Gasteiger partial charge in [-0.25, -0.2) is 4.99 Å². The van der Waals surface area contributed by atoms with Crippen molar-refractivity contribution in [3.63, 3.8) is 0 Å². The molecule has 2 aromatic rings. The number of benzene rings is 2. The standard InChI is InChI=1S/C24H34N4O2/c1-18-9-11-28(12-10-18)17-21-6-4-5-19(13-21)15-26-24(25)27-16-20-7-8-22(29-2)23(14-20)30-3/h4-8,13-14,18H,9-12,15-17H2,1-3H3,(H3,25,26,27). The lowest BCUT2D eigenvalue weighted by Gasteiger charge is -2.30. The van der Waals surface area contributed by atoms with Gasteiger partial charge in [0.25, 0.3) is 0 Å². The topological polar surface area (TPSA) is 72.1 Å². The minimum atomic E-state index is 0.431. The number of likely N-dealkylation sites (tertiary alicyclic amines) is 1. The molecule has 162 valence electrons. The molecule has 3 rings (SSSR count). The smallest absolute Gasteiger partial charge is 0.189 e. The number of aliphatic imine (C=N–C) groups is 1. The van der Waals surface area contributed by atoms with Gasteiger partial charge < -0.3 is 20.5 Å². The van der Waals surface area contributed by atoms with Gasteiger partial charge in [-0.05, 0) is 60.7 Å². The van der Waals surface area contributed by atoms with Crippen molar-refractivity contribution in [2.75, 3.05) is 27.3 Å². The Balaban J connectivity index is 1.51. The number of rotatable bonds is 8. The van der Waals surface area contributed by atoms with Gasteiger partial charge in [0.05, 0.1) is 20.8 Å². The van der Waals surface area contributed by atoms with Crippen LogP contribution in [0.25, 0.3) is 0 Å². The first-order valence-electron chi connectivity index (χ1n) is 10.6. The van der Waals surface area contributed by atoms with Gasteiger partial charge in [-0.1, -0.05) is 37.3 Å². The highest BCUT2D eigenvalue weighted by Crippen LogP contribution is 2.27. The molecule has 30 heavy (non-hydrogen) atoms. The van der Waals surface area contributed by atoms with Crippen LogP contribution in [0.4, 0.5) is 0 Å². The first-order valence-corrected chi connectivity index (χ1v) is 10.6. The second-order valence-electron chi connectivity index (χ2n) is 8.02. The highest BCUT2D eigenvalue weighted by atomic mass is 16.5. The third-order valence-corrected chi connectivity index (χ3v) is 5.63. The van der Waals surface area contributed by atoms with Crippen molar-refractivity contribution in [1.29, 1.82) is 0 Å². The van der Waals surface area contributed by atoms with Crippen molar-refractivity contribution in [3.8, 4) is 11.5 Å². The summed E-state index contributed by atoms with van der Waals surface area (Å²) in [6, 6.07) is 14.5. The van der Waals surface area contributed by atoms with E-state index in [4.69, 9.17) is 15.2 Å². The molecule has 1 aliphatic rings. The normalized spacial score (nSPS) is 15.8. The molecule has 3 N–H and O–H groups in total. The van der Waals surface area contributed by atoms with Crippen molar-refractivity contribution in [1.82, 2.24) is 10.2 Å². The summed E-state index contributed by atoms with van der Waals surface area (Å²) in [5, 5.41) is 3.17. The van der Waals surface area contributed by atoms with Crippen molar-refractivity contribution in [3.05, 3.63) is 59.2 Å². The quantitative estimate of drug-likeness (QED) is 0.514. The third kappa shape index (κ3) is 6.39. The van der Waals surface area contributed by atoms with Crippen molar-refractivity contribution >= 4 is 5.96 Å². The molecule has 0 unspecified atom stereocenters. The first-order chi connectivity index (χ1) is 14.6. The van der Waals surface area contributed by atoms with Gasteiger partial charge in [0.2, 0.25) is 0 Å². The highest BCUT2D eigenvalue weighted by Gasteiger charge is 2.15. The van der Waals surface area contributed by atoms with Crippen molar-refractivity contribution in [2.24, 2.45) is 16.6 Å². The molecule has 0 aliphatic carbocycles. The van der Waals surface area contributed by atoms with Crippen LogP contribution in [0.2, 0.25) is 0 Å². The fourth-order valence-corrected chi connectivity index (χ4v) is 3.72. The maximum Gasteiger partial charge on any atom is 0.189 e. The lowest BCUT2D eigenvalue weighted by atomic mass is 9.98. The van der Waals surface area contributed by atoms with E-state index in [0.29, 0.717) is 30.5 Å². The fourth-order valence-electron chi connectivity index (χ4n) is 3.72. The molecular weight excluding hydrogens is 376 g/mol. The lowest BCUT2D eigenvalue weighted by Crippen LogP contribution is -2.32. The number of nitrogens with zero attached hydrogens (tertiary/aromatic N) is 2. The third-order valence-electron chi connectivity index (χ3n) is 5.63. The van der Waals surface area contributed by atoms with Crippen LogP contribution < -0.4 is 20.5 Å². The Morgan fingerprint density at radius 1 is 1.03 bits per heavy atom. The zero-order chi connectivity index (χ0) is 21.3. The van der Waals surface area contributed by atoms with Crippen LogP contribution in [0.1, 0.15) is 36.5 Å². The van der Waals surface area contributed by atoms with E-state index < -0.39 is 0 Å². The largest absolute Gasteiger partial charge is 0.493 e. The minimum absolute atomic E-state index is 0.431. The second kappa shape index (κ2) is 10.9. The van der Waals surface area contributed by atoms with Crippen LogP contribution in [0.15, 0.2) is 47.5 Å². The Labute approximate surface area is 180 Å². The van der Waals surface area contributed by atoms with E-state index >= 15 is 0 Å². The Hall–Kier alpha value is -2.73. The molecule has 1 saturated heterocycles. The Bertz CT molecular complexity index is 845. The van der Waals surface area contributed by atoms with E-state index in [2.05, 4.69) is 46.4 Å². The number of piperidine rings is 1. The molecule has 2 aromatic carbocycles. The Kier molecular flexibility index (Phi) is 7.97. The van der Waals surface area contributed by atoms with Gasteiger partial charge in [0.1, 0.15) is 0 Å². The number of ether oxygens (including phenoxy) is 2. The van der Waals surface area contributed by atoms with E-state index in [1.165, 1.54) is 37.1 Å². The average molecular weight is 411 g/mol. The van der Waals surface area contributed by atoms with E-state index in [9.17, 15) is 0 Å². The van der Waals surface area contributed by atoms with E-state index in [0.717, 1.165) is 18.0 Å². The van der Waals surface area contributed by atoms with Crippen LogP contribution in [-0.4, -0.2) is 38.2 Å². The Morgan fingerprint density at radius 2 is 1.77 bits per heavy atom. The van der Waals surface area contributed by atoms with Crippen LogP contribution in [0.5, 0.6) is 11.5 Å². The van der Waals surface area contributed by atoms with Gasteiger partial charge in [-0.15, -0.1) is 0 Å². The lowest BCUT2D eigenvalue weighted by molar-refractivity contribution is 0.185. The first kappa shape index (κ1) is 22.0. The molecular formula is C24H34N4O2. The van der Waals surface area contributed by atoms with Crippen LogP contribution in [-0.2, 0) is 19.6 Å². The summed E-state index contributed by atoms with van der Waals surface area (Å²) < 4.78 is 10.6. The summed E-state index contributed by atoms with van der Waals surface area (Å²) in [7, 11) is 3.26. The molecule has 0 saturated carbocycles. The number of nitrogens with two attached hydrogens (primary N) is 1. The van der Waals surface area contributed by atoms with Gasteiger partial charge in [0.15, 0.2) is 17.5 Å². The number of guanidine groups is 1. The second-order valence-corrected chi connectivity index (χ2v) is 8.02.